The summed E-state index contributed by atoms with van der Waals surface area (Å²) in [7, 11) is -4.74. The van der Waals surface area contributed by atoms with E-state index in [9.17, 15) is 8.22 Å². The van der Waals surface area contributed by atoms with Crippen molar-refractivity contribution in [1.82, 2.24) is 0 Å². The summed E-state index contributed by atoms with van der Waals surface area (Å²) in [6.07, 6.45) is 0.414. The Labute approximate surface area is 78.1 Å². The highest BCUT2D eigenvalue weighted by atomic mass is 28.4. The maximum Gasteiger partial charge on any atom is 0.455 e. The van der Waals surface area contributed by atoms with E-state index in [1.54, 1.807) is 6.92 Å². The Morgan fingerprint density at radius 2 is 1.77 bits per heavy atom. The van der Waals surface area contributed by atoms with Crippen molar-refractivity contribution in [2.75, 3.05) is 0 Å². The molecule has 0 saturated carbocycles. The van der Waals surface area contributed by atoms with E-state index in [1.165, 1.54) is 19.1 Å². The van der Waals surface area contributed by atoms with Gasteiger partial charge in [0.15, 0.2) is 5.04 Å². The normalized spacial score (nSPS) is 14.4. The Morgan fingerprint density at radius 1 is 1.38 bits per heavy atom. The van der Waals surface area contributed by atoms with Gasteiger partial charge in [-0.05, 0) is 12.5 Å². The molecule has 0 aromatic rings. The zero-order chi connectivity index (χ0) is 10.7. The van der Waals surface area contributed by atoms with Gasteiger partial charge in [0.2, 0.25) is 0 Å². The predicted octanol–water partition coefficient (Wildman–Crippen LogP) is 2.83. The minimum Gasteiger partial charge on any atom is -0.268 e. The molecular weight excluding hydrogens is 190 g/mol. The molecule has 0 heterocycles. The first-order chi connectivity index (χ1) is 5.85. The van der Waals surface area contributed by atoms with Gasteiger partial charge < -0.3 is 0 Å². The molecule has 0 rings (SSSR count). The molecule has 0 aliphatic rings. The van der Waals surface area contributed by atoms with E-state index in [0.29, 0.717) is 6.42 Å². The fraction of sp³-hybridized carbons (Fsp3) is 0.750. The predicted molar refractivity (Wildman–Crippen MR) is 47.2 cm³/mol. The second kappa shape index (κ2) is 3.84. The third-order valence-corrected chi connectivity index (χ3v) is 4.50. The number of halogens is 2. The van der Waals surface area contributed by atoms with Crippen LogP contribution in [0.25, 0.3) is 0 Å². The summed E-state index contributed by atoms with van der Waals surface area (Å²) in [4.78, 5) is 0. The molecule has 0 aliphatic heterocycles. The molecule has 72 valence electrons. The van der Waals surface area contributed by atoms with Crippen molar-refractivity contribution >= 4 is 8.74 Å². The zero-order valence-corrected chi connectivity index (χ0v) is 8.93. The van der Waals surface area contributed by atoms with E-state index in [0.717, 1.165) is 6.55 Å². The van der Waals surface area contributed by atoms with Crippen molar-refractivity contribution < 1.29 is 8.22 Å². The lowest BCUT2D eigenvalue weighted by Gasteiger charge is -2.28. The fourth-order valence-electron chi connectivity index (χ4n) is 1.18. The van der Waals surface area contributed by atoms with Crippen LogP contribution in [0.3, 0.4) is 0 Å². The molecule has 0 aromatic heterocycles. The number of nitrogens with zero attached hydrogens (tertiary/aromatic N) is 2. The van der Waals surface area contributed by atoms with Gasteiger partial charge in [-0.25, -0.2) is 0 Å². The molecule has 0 radical (unpaired) electrons. The molecule has 1 atom stereocenters. The average molecular weight is 202 g/mol. The first kappa shape index (κ1) is 12.1. The lowest BCUT2D eigenvalue weighted by molar-refractivity contribution is 0.431. The summed E-state index contributed by atoms with van der Waals surface area (Å²) < 4.78 is 26.3. The van der Waals surface area contributed by atoms with Crippen LogP contribution in [0.4, 0.5) is 8.22 Å². The molecular formula is C8H12F2N2Si. The summed E-state index contributed by atoms with van der Waals surface area (Å²) >= 11 is 0. The molecule has 0 fully saturated rings. The van der Waals surface area contributed by atoms with Crippen molar-refractivity contribution in [2.45, 2.75) is 31.9 Å². The molecule has 5 heteroatoms. The van der Waals surface area contributed by atoms with Gasteiger partial charge in [-0.3, -0.25) is 8.22 Å². The summed E-state index contributed by atoms with van der Waals surface area (Å²) in [5.41, 5.74) is 0. The number of rotatable bonds is 3. The van der Waals surface area contributed by atoms with Gasteiger partial charge in [-0.2, -0.15) is 10.5 Å². The SMILES string of the molecule is CCC(C)C(C#N)(C#N)[Si](C)(F)F. The Hall–Kier alpha value is -0.943. The third-order valence-electron chi connectivity index (χ3n) is 2.40. The standard InChI is InChI=1S/C8H12F2N2Si/c1-4-7(2)8(5-11,6-12)13(3,9)10/h7H,4H2,1-3H3. The van der Waals surface area contributed by atoms with E-state index in [1.807, 2.05) is 0 Å². The smallest absolute Gasteiger partial charge is 0.268 e. The van der Waals surface area contributed by atoms with Gasteiger partial charge in [0.25, 0.3) is 0 Å². The topological polar surface area (TPSA) is 47.6 Å². The second-order valence-corrected chi connectivity index (χ2v) is 5.79. The molecule has 13 heavy (non-hydrogen) atoms. The fourth-order valence-corrected chi connectivity index (χ4v) is 2.64. The highest BCUT2D eigenvalue weighted by molar-refractivity contribution is 6.70. The van der Waals surface area contributed by atoms with Crippen LogP contribution < -0.4 is 0 Å². The number of hydrogen-bond acceptors (Lipinski definition) is 2. The molecule has 0 amide bonds. The Balaban J connectivity index is 5.23. The second-order valence-electron chi connectivity index (χ2n) is 3.23. The van der Waals surface area contributed by atoms with Gasteiger partial charge in [-0.1, -0.05) is 20.3 Å². The van der Waals surface area contributed by atoms with Crippen molar-refractivity contribution in [1.29, 1.82) is 10.5 Å². The first-order valence-corrected chi connectivity index (χ1v) is 6.31. The Kier molecular flexibility index (Phi) is 3.56. The van der Waals surface area contributed by atoms with Crippen molar-refractivity contribution in [3.05, 3.63) is 0 Å². The van der Waals surface area contributed by atoms with Gasteiger partial charge in [-0.15, -0.1) is 0 Å². The lowest BCUT2D eigenvalue weighted by Crippen LogP contribution is -2.40. The van der Waals surface area contributed by atoms with E-state index in [2.05, 4.69) is 0 Å². The molecule has 1 unspecified atom stereocenters. The Morgan fingerprint density at radius 3 is 1.85 bits per heavy atom. The van der Waals surface area contributed by atoms with Crippen LogP contribution in [0.15, 0.2) is 0 Å². The summed E-state index contributed by atoms with van der Waals surface area (Å²) in [6.45, 7) is 3.98. The third kappa shape index (κ3) is 1.86. The highest BCUT2D eigenvalue weighted by Crippen LogP contribution is 2.46. The molecule has 0 N–H and O–H groups in total. The summed E-state index contributed by atoms with van der Waals surface area (Å²) in [5.74, 6) is -0.575. The monoisotopic (exact) mass is 202 g/mol. The number of nitriles is 2. The van der Waals surface area contributed by atoms with Crippen LogP contribution in [0, 0.1) is 28.6 Å². The minimum atomic E-state index is -4.74. The van der Waals surface area contributed by atoms with E-state index in [4.69, 9.17) is 10.5 Å². The largest absolute Gasteiger partial charge is 0.455 e. The van der Waals surface area contributed by atoms with Crippen LogP contribution in [0.5, 0.6) is 0 Å². The van der Waals surface area contributed by atoms with Gasteiger partial charge >= 0.3 is 8.74 Å². The zero-order valence-electron chi connectivity index (χ0n) is 7.93. The van der Waals surface area contributed by atoms with Crippen LogP contribution >= 0.6 is 0 Å². The van der Waals surface area contributed by atoms with Gasteiger partial charge in [0, 0.05) is 0 Å². The van der Waals surface area contributed by atoms with Crippen LogP contribution in [0.2, 0.25) is 11.6 Å². The van der Waals surface area contributed by atoms with Crippen molar-refractivity contribution in [3.8, 4) is 12.1 Å². The van der Waals surface area contributed by atoms with Gasteiger partial charge in [0.05, 0.1) is 12.1 Å². The highest BCUT2D eigenvalue weighted by Gasteiger charge is 2.58. The number of hydrogen-bond donors (Lipinski definition) is 0. The first-order valence-electron chi connectivity index (χ1n) is 4.06. The van der Waals surface area contributed by atoms with Crippen molar-refractivity contribution in [2.24, 2.45) is 5.92 Å². The minimum absolute atomic E-state index is 0.414. The summed E-state index contributed by atoms with van der Waals surface area (Å²) in [6, 6.07) is 3.01. The molecule has 0 spiro atoms. The van der Waals surface area contributed by atoms with Crippen LogP contribution in [0.1, 0.15) is 20.3 Å². The van der Waals surface area contributed by atoms with E-state index in [-0.39, 0.29) is 0 Å². The van der Waals surface area contributed by atoms with E-state index < -0.39 is 19.7 Å². The Bertz CT molecular complexity index is 245. The van der Waals surface area contributed by atoms with E-state index >= 15 is 0 Å². The van der Waals surface area contributed by atoms with Crippen LogP contribution in [-0.2, 0) is 0 Å². The lowest BCUT2D eigenvalue weighted by atomic mass is 9.93. The summed E-state index contributed by atoms with van der Waals surface area (Å²) in [5, 5.41) is 15.3. The average Bonchev–Trinajstić information content (AvgIpc) is 2.04. The maximum absolute atomic E-state index is 13.2. The van der Waals surface area contributed by atoms with Crippen LogP contribution in [-0.4, -0.2) is 8.74 Å². The van der Waals surface area contributed by atoms with Crippen molar-refractivity contribution in [3.63, 3.8) is 0 Å². The molecule has 0 bridgehead atoms. The molecule has 0 aromatic carbocycles. The van der Waals surface area contributed by atoms with Gasteiger partial charge in [0.1, 0.15) is 0 Å². The maximum atomic E-state index is 13.2. The molecule has 0 aliphatic carbocycles. The molecule has 0 saturated heterocycles. The quantitative estimate of drug-likeness (QED) is 0.522. The molecule has 2 nitrogen and oxygen atoms in total.